The summed E-state index contributed by atoms with van der Waals surface area (Å²) >= 11 is 0. The number of carbonyl (C=O) groups is 1. The number of pyridine rings is 1. The molecule has 0 spiro atoms. The maximum absolute atomic E-state index is 12.5. The van der Waals surface area contributed by atoms with Gasteiger partial charge in [0, 0.05) is 41.9 Å². The monoisotopic (exact) mass is 311 g/mol. The van der Waals surface area contributed by atoms with Crippen LogP contribution in [0.4, 0.5) is 0 Å². The van der Waals surface area contributed by atoms with Crippen molar-refractivity contribution in [2.24, 2.45) is 0 Å². The Morgan fingerprint density at radius 1 is 1.26 bits per heavy atom. The first-order chi connectivity index (χ1) is 11.2. The largest absolute Gasteiger partial charge is 0.345 e. The SMILES string of the molecule is Cc1cc(C(=O)CNCc2ccncc2)c(C)n1C1CCCC1. The van der Waals surface area contributed by atoms with Crippen molar-refractivity contribution in [1.82, 2.24) is 14.9 Å². The van der Waals surface area contributed by atoms with Crippen molar-refractivity contribution in [2.75, 3.05) is 6.54 Å². The Kier molecular flexibility index (Phi) is 4.91. The molecule has 1 N–H and O–H groups in total. The Morgan fingerprint density at radius 3 is 2.65 bits per heavy atom. The number of hydrogen-bond acceptors (Lipinski definition) is 3. The summed E-state index contributed by atoms with van der Waals surface area (Å²) in [6.07, 6.45) is 8.63. The van der Waals surface area contributed by atoms with E-state index in [0.29, 0.717) is 19.1 Å². The molecule has 4 heteroatoms. The summed E-state index contributed by atoms with van der Waals surface area (Å²) in [5, 5.41) is 3.24. The highest BCUT2D eigenvalue weighted by atomic mass is 16.1. The number of nitrogens with zero attached hydrogens (tertiary/aromatic N) is 2. The molecule has 0 bridgehead atoms. The third-order valence-corrected chi connectivity index (χ3v) is 4.84. The minimum Gasteiger partial charge on any atom is -0.345 e. The van der Waals surface area contributed by atoms with Crippen LogP contribution in [0.2, 0.25) is 0 Å². The number of nitrogens with one attached hydrogen (secondary N) is 1. The fourth-order valence-corrected chi connectivity index (χ4v) is 3.70. The predicted molar refractivity (Wildman–Crippen MR) is 91.7 cm³/mol. The Labute approximate surface area is 137 Å². The molecule has 0 atom stereocenters. The number of aryl methyl sites for hydroxylation is 1. The summed E-state index contributed by atoms with van der Waals surface area (Å²) in [7, 11) is 0. The van der Waals surface area contributed by atoms with E-state index in [9.17, 15) is 4.79 Å². The summed E-state index contributed by atoms with van der Waals surface area (Å²) in [5.41, 5.74) is 4.36. The Balaban J connectivity index is 1.64. The van der Waals surface area contributed by atoms with Crippen LogP contribution in [0.25, 0.3) is 0 Å². The van der Waals surface area contributed by atoms with E-state index in [-0.39, 0.29) is 5.78 Å². The van der Waals surface area contributed by atoms with Gasteiger partial charge in [0.25, 0.3) is 0 Å². The van der Waals surface area contributed by atoms with Crippen molar-refractivity contribution in [2.45, 2.75) is 52.1 Å². The van der Waals surface area contributed by atoms with E-state index in [1.807, 2.05) is 12.1 Å². The smallest absolute Gasteiger partial charge is 0.178 e. The third kappa shape index (κ3) is 3.53. The van der Waals surface area contributed by atoms with E-state index in [1.54, 1.807) is 12.4 Å². The van der Waals surface area contributed by atoms with Crippen LogP contribution in [0.3, 0.4) is 0 Å². The van der Waals surface area contributed by atoms with Gasteiger partial charge in [-0.1, -0.05) is 12.8 Å². The number of hydrogen-bond donors (Lipinski definition) is 1. The Hall–Kier alpha value is -1.94. The summed E-state index contributed by atoms with van der Waals surface area (Å²) < 4.78 is 2.38. The number of Topliss-reactive ketones (excluding diaryl/α,β-unsaturated/α-hetero) is 1. The predicted octanol–water partition coefficient (Wildman–Crippen LogP) is 3.59. The van der Waals surface area contributed by atoms with E-state index in [4.69, 9.17) is 0 Å². The molecule has 0 aromatic carbocycles. The summed E-state index contributed by atoms with van der Waals surface area (Å²) in [4.78, 5) is 16.5. The fraction of sp³-hybridized carbons (Fsp3) is 0.474. The molecule has 23 heavy (non-hydrogen) atoms. The van der Waals surface area contributed by atoms with Gasteiger partial charge >= 0.3 is 0 Å². The molecule has 2 aromatic heterocycles. The van der Waals surface area contributed by atoms with E-state index in [1.165, 1.54) is 31.4 Å². The maximum Gasteiger partial charge on any atom is 0.178 e. The Morgan fingerprint density at radius 2 is 1.96 bits per heavy atom. The topological polar surface area (TPSA) is 46.9 Å². The fourth-order valence-electron chi connectivity index (χ4n) is 3.70. The Bertz CT molecular complexity index is 669. The molecule has 2 heterocycles. The zero-order chi connectivity index (χ0) is 16.2. The average Bonchev–Trinajstić information content (AvgIpc) is 3.16. The summed E-state index contributed by atoms with van der Waals surface area (Å²) in [6, 6.07) is 6.57. The van der Waals surface area contributed by atoms with Gasteiger partial charge in [0.2, 0.25) is 0 Å². The second kappa shape index (κ2) is 7.09. The first-order valence-electron chi connectivity index (χ1n) is 8.48. The van der Waals surface area contributed by atoms with E-state index >= 15 is 0 Å². The molecular weight excluding hydrogens is 286 g/mol. The third-order valence-electron chi connectivity index (χ3n) is 4.84. The first-order valence-corrected chi connectivity index (χ1v) is 8.48. The zero-order valence-electron chi connectivity index (χ0n) is 14.0. The molecule has 0 amide bonds. The van der Waals surface area contributed by atoms with Crippen molar-refractivity contribution in [1.29, 1.82) is 0 Å². The van der Waals surface area contributed by atoms with Gasteiger partial charge in [-0.3, -0.25) is 9.78 Å². The highest BCUT2D eigenvalue weighted by Crippen LogP contribution is 2.33. The molecule has 1 fully saturated rings. The molecule has 2 aromatic rings. The van der Waals surface area contributed by atoms with Gasteiger partial charge in [-0.05, 0) is 50.5 Å². The van der Waals surface area contributed by atoms with Crippen molar-refractivity contribution < 1.29 is 4.79 Å². The van der Waals surface area contributed by atoms with Gasteiger partial charge in [-0.25, -0.2) is 0 Å². The normalized spacial score (nSPS) is 15.2. The molecule has 1 aliphatic rings. The van der Waals surface area contributed by atoms with Crippen LogP contribution in [0.5, 0.6) is 0 Å². The molecule has 3 rings (SSSR count). The van der Waals surface area contributed by atoms with Gasteiger partial charge in [0.1, 0.15) is 0 Å². The van der Waals surface area contributed by atoms with Crippen LogP contribution in [0.1, 0.15) is 59.0 Å². The second-order valence-corrected chi connectivity index (χ2v) is 6.48. The van der Waals surface area contributed by atoms with Crippen LogP contribution in [-0.4, -0.2) is 21.9 Å². The van der Waals surface area contributed by atoms with Crippen LogP contribution in [0, 0.1) is 13.8 Å². The molecule has 122 valence electrons. The standard InChI is InChI=1S/C19H25N3O/c1-14-11-18(15(2)22(14)17-5-3-4-6-17)19(23)13-21-12-16-7-9-20-10-8-16/h7-11,17,21H,3-6,12-13H2,1-2H3. The lowest BCUT2D eigenvalue weighted by Crippen LogP contribution is -2.23. The van der Waals surface area contributed by atoms with Gasteiger partial charge in [0.05, 0.1) is 6.54 Å². The molecule has 0 saturated heterocycles. The highest BCUT2D eigenvalue weighted by molar-refractivity contribution is 5.99. The van der Waals surface area contributed by atoms with E-state index in [0.717, 1.165) is 16.8 Å². The number of aromatic nitrogens is 2. The molecule has 0 unspecified atom stereocenters. The molecule has 4 nitrogen and oxygen atoms in total. The molecule has 1 saturated carbocycles. The highest BCUT2D eigenvalue weighted by Gasteiger charge is 2.23. The van der Waals surface area contributed by atoms with Crippen LogP contribution < -0.4 is 5.32 Å². The van der Waals surface area contributed by atoms with Crippen molar-refractivity contribution in [3.05, 3.63) is 53.1 Å². The minimum absolute atomic E-state index is 0.177. The lowest BCUT2D eigenvalue weighted by Gasteiger charge is -2.17. The van der Waals surface area contributed by atoms with Crippen molar-refractivity contribution in [3.8, 4) is 0 Å². The van der Waals surface area contributed by atoms with Gasteiger partial charge < -0.3 is 9.88 Å². The first kappa shape index (κ1) is 15.9. The van der Waals surface area contributed by atoms with Gasteiger partial charge in [0.15, 0.2) is 5.78 Å². The minimum atomic E-state index is 0.177. The van der Waals surface area contributed by atoms with E-state index in [2.05, 4.69) is 34.8 Å². The molecule has 0 radical (unpaired) electrons. The van der Waals surface area contributed by atoms with Crippen LogP contribution in [-0.2, 0) is 6.54 Å². The number of carbonyl (C=O) groups excluding carboxylic acids is 1. The van der Waals surface area contributed by atoms with Gasteiger partial charge in [-0.2, -0.15) is 0 Å². The maximum atomic E-state index is 12.5. The molecule has 1 aliphatic carbocycles. The van der Waals surface area contributed by atoms with Gasteiger partial charge in [-0.15, -0.1) is 0 Å². The number of ketones is 1. The molecular formula is C19H25N3O. The number of rotatable bonds is 6. The lowest BCUT2D eigenvalue weighted by atomic mass is 10.1. The summed E-state index contributed by atoms with van der Waals surface area (Å²) in [5.74, 6) is 0.177. The average molecular weight is 311 g/mol. The van der Waals surface area contributed by atoms with Crippen LogP contribution in [0.15, 0.2) is 30.6 Å². The second-order valence-electron chi connectivity index (χ2n) is 6.48. The lowest BCUT2D eigenvalue weighted by molar-refractivity contribution is 0.0990. The quantitative estimate of drug-likeness (QED) is 0.829. The molecule has 0 aliphatic heterocycles. The van der Waals surface area contributed by atoms with Crippen molar-refractivity contribution >= 4 is 5.78 Å². The summed E-state index contributed by atoms with van der Waals surface area (Å²) in [6.45, 7) is 5.26. The zero-order valence-corrected chi connectivity index (χ0v) is 14.0. The van der Waals surface area contributed by atoms with E-state index < -0.39 is 0 Å². The van der Waals surface area contributed by atoms with Crippen molar-refractivity contribution in [3.63, 3.8) is 0 Å². The van der Waals surface area contributed by atoms with Crippen LogP contribution >= 0.6 is 0 Å².